The highest BCUT2D eigenvalue weighted by atomic mass is 16.5. The molecule has 19 heavy (non-hydrogen) atoms. The minimum Gasteiger partial charge on any atom is -0.479 e. The van der Waals surface area contributed by atoms with E-state index >= 15 is 0 Å². The van der Waals surface area contributed by atoms with Crippen molar-refractivity contribution in [1.82, 2.24) is 4.90 Å². The van der Waals surface area contributed by atoms with E-state index in [0.717, 1.165) is 25.9 Å². The van der Waals surface area contributed by atoms with Crippen LogP contribution in [0.2, 0.25) is 0 Å². The third kappa shape index (κ3) is 3.06. The van der Waals surface area contributed by atoms with Gasteiger partial charge in [0, 0.05) is 33.1 Å². The van der Waals surface area contributed by atoms with Crippen LogP contribution >= 0.6 is 0 Å². The number of nitrogens with zero attached hydrogens (tertiary/aromatic N) is 1. The number of carbonyl (C=O) groups is 2. The number of carbonyl (C=O) groups excluding carboxylic acids is 1. The topological polar surface area (TPSA) is 76.1 Å². The summed E-state index contributed by atoms with van der Waals surface area (Å²) in [6.45, 7) is 1.38. The van der Waals surface area contributed by atoms with Crippen LogP contribution in [0.3, 0.4) is 0 Å². The molecule has 1 N–H and O–H groups in total. The second-order valence-electron chi connectivity index (χ2n) is 5.24. The largest absolute Gasteiger partial charge is 0.479 e. The Morgan fingerprint density at radius 2 is 2.32 bits per heavy atom. The van der Waals surface area contributed by atoms with E-state index in [-0.39, 0.29) is 18.6 Å². The van der Waals surface area contributed by atoms with Crippen molar-refractivity contribution in [3.8, 4) is 0 Å². The molecule has 0 aromatic carbocycles. The molecule has 0 aromatic heterocycles. The van der Waals surface area contributed by atoms with Crippen molar-refractivity contribution in [1.29, 1.82) is 0 Å². The Morgan fingerprint density at radius 3 is 2.84 bits per heavy atom. The van der Waals surface area contributed by atoms with E-state index < -0.39 is 11.6 Å². The van der Waals surface area contributed by atoms with Crippen LogP contribution in [0.5, 0.6) is 0 Å². The van der Waals surface area contributed by atoms with Crippen LogP contribution in [0.15, 0.2) is 0 Å². The molecule has 2 aliphatic heterocycles. The highest BCUT2D eigenvalue weighted by Crippen LogP contribution is 2.26. The van der Waals surface area contributed by atoms with Crippen molar-refractivity contribution < 1.29 is 24.2 Å². The smallest absolute Gasteiger partial charge is 0.337 e. The number of carboxylic acid groups (broad SMARTS) is 1. The van der Waals surface area contributed by atoms with E-state index in [2.05, 4.69) is 0 Å². The summed E-state index contributed by atoms with van der Waals surface area (Å²) >= 11 is 0. The van der Waals surface area contributed by atoms with Gasteiger partial charge in [0.05, 0.1) is 12.6 Å². The Bertz CT molecular complexity index is 353. The van der Waals surface area contributed by atoms with Gasteiger partial charge in [0.25, 0.3) is 0 Å². The molecule has 0 saturated carbocycles. The number of methoxy groups -OCH3 is 1. The van der Waals surface area contributed by atoms with Crippen LogP contribution in [0.4, 0.5) is 0 Å². The molecular formula is C13H21NO5. The van der Waals surface area contributed by atoms with E-state index in [1.807, 2.05) is 0 Å². The molecule has 0 aromatic rings. The normalized spacial score (nSPS) is 30.8. The van der Waals surface area contributed by atoms with Crippen LogP contribution in [0.1, 0.15) is 32.1 Å². The van der Waals surface area contributed by atoms with Crippen LogP contribution in [0.25, 0.3) is 0 Å². The zero-order chi connectivity index (χ0) is 13.9. The van der Waals surface area contributed by atoms with E-state index in [4.69, 9.17) is 9.47 Å². The quantitative estimate of drug-likeness (QED) is 0.794. The van der Waals surface area contributed by atoms with Crippen molar-refractivity contribution in [2.75, 3.05) is 26.8 Å². The van der Waals surface area contributed by atoms with Gasteiger partial charge in [0.2, 0.25) is 5.91 Å². The molecule has 0 bridgehead atoms. The lowest BCUT2D eigenvalue weighted by Gasteiger charge is -2.23. The number of carboxylic acids is 1. The summed E-state index contributed by atoms with van der Waals surface area (Å²) in [6.07, 6.45) is 3.77. The van der Waals surface area contributed by atoms with Crippen molar-refractivity contribution in [3.05, 3.63) is 0 Å². The summed E-state index contributed by atoms with van der Waals surface area (Å²) in [5.41, 5.74) is -1.22. The van der Waals surface area contributed by atoms with Crippen molar-refractivity contribution in [3.63, 3.8) is 0 Å². The summed E-state index contributed by atoms with van der Waals surface area (Å²) < 4.78 is 10.6. The summed E-state index contributed by atoms with van der Waals surface area (Å²) in [6, 6.07) is 0. The average Bonchev–Trinajstić information content (AvgIpc) is 3.05. The maximum atomic E-state index is 12.1. The summed E-state index contributed by atoms with van der Waals surface area (Å²) in [5, 5.41) is 9.18. The number of ether oxygens (including phenoxy) is 2. The first kappa shape index (κ1) is 14.3. The Kier molecular flexibility index (Phi) is 4.42. The minimum absolute atomic E-state index is 0.00400. The second-order valence-corrected chi connectivity index (χ2v) is 5.24. The zero-order valence-corrected chi connectivity index (χ0v) is 11.3. The van der Waals surface area contributed by atoms with Gasteiger partial charge < -0.3 is 19.5 Å². The van der Waals surface area contributed by atoms with Crippen molar-refractivity contribution in [2.24, 2.45) is 0 Å². The standard InChI is InChI=1S/C13H21NO5/c1-18-13(12(16)17)6-7-14(9-13)11(15)5-4-10-3-2-8-19-10/h10H,2-9H2,1H3,(H,16,17). The van der Waals surface area contributed by atoms with E-state index in [0.29, 0.717) is 19.4 Å². The molecule has 2 aliphatic rings. The first-order valence-corrected chi connectivity index (χ1v) is 6.75. The first-order chi connectivity index (χ1) is 9.07. The van der Waals surface area contributed by atoms with Gasteiger partial charge in [-0.15, -0.1) is 0 Å². The fourth-order valence-electron chi connectivity index (χ4n) is 2.74. The van der Waals surface area contributed by atoms with Crippen molar-refractivity contribution >= 4 is 11.9 Å². The van der Waals surface area contributed by atoms with Gasteiger partial charge in [0.15, 0.2) is 5.60 Å². The van der Waals surface area contributed by atoms with E-state index in [1.54, 1.807) is 4.90 Å². The molecule has 0 spiro atoms. The van der Waals surface area contributed by atoms with E-state index in [9.17, 15) is 14.7 Å². The molecule has 2 saturated heterocycles. The summed E-state index contributed by atoms with van der Waals surface area (Å²) in [7, 11) is 1.38. The van der Waals surface area contributed by atoms with Crippen LogP contribution < -0.4 is 0 Å². The highest BCUT2D eigenvalue weighted by molar-refractivity contribution is 5.82. The van der Waals surface area contributed by atoms with E-state index in [1.165, 1.54) is 7.11 Å². The number of aliphatic carboxylic acids is 1. The molecule has 1 amide bonds. The second kappa shape index (κ2) is 5.88. The maximum absolute atomic E-state index is 12.1. The molecule has 2 heterocycles. The monoisotopic (exact) mass is 271 g/mol. The predicted octanol–water partition coefficient (Wildman–Crippen LogP) is 0.648. The summed E-state index contributed by atoms with van der Waals surface area (Å²) in [5.74, 6) is -1.000. The SMILES string of the molecule is COC1(C(=O)O)CCN(C(=O)CCC2CCCO2)C1. The summed E-state index contributed by atoms with van der Waals surface area (Å²) in [4.78, 5) is 24.8. The Balaban J connectivity index is 1.82. The predicted molar refractivity (Wildman–Crippen MR) is 66.8 cm³/mol. The first-order valence-electron chi connectivity index (χ1n) is 6.75. The minimum atomic E-state index is -1.22. The fraction of sp³-hybridized carbons (Fsp3) is 0.846. The molecule has 0 aliphatic carbocycles. The number of amides is 1. The van der Waals surface area contributed by atoms with Gasteiger partial charge in [-0.1, -0.05) is 0 Å². The lowest BCUT2D eigenvalue weighted by atomic mass is 10.0. The number of rotatable bonds is 5. The van der Waals surface area contributed by atoms with Gasteiger partial charge in [-0.25, -0.2) is 4.79 Å². The third-order valence-corrected chi connectivity index (χ3v) is 4.07. The fourth-order valence-corrected chi connectivity index (χ4v) is 2.74. The molecule has 6 nitrogen and oxygen atoms in total. The Hall–Kier alpha value is -1.14. The van der Waals surface area contributed by atoms with Gasteiger partial charge in [0.1, 0.15) is 0 Å². The Morgan fingerprint density at radius 1 is 1.53 bits per heavy atom. The zero-order valence-electron chi connectivity index (χ0n) is 11.3. The molecule has 2 atom stereocenters. The number of likely N-dealkylation sites (tertiary alicyclic amines) is 1. The van der Waals surface area contributed by atoms with Gasteiger partial charge >= 0.3 is 5.97 Å². The molecule has 2 unspecified atom stereocenters. The maximum Gasteiger partial charge on any atom is 0.337 e. The van der Waals surface area contributed by atoms with Gasteiger partial charge in [-0.3, -0.25) is 4.79 Å². The van der Waals surface area contributed by atoms with Gasteiger partial charge in [-0.05, 0) is 19.3 Å². The lowest BCUT2D eigenvalue weighted by molar-refractivity contribution is -0.161. The number of hydrogen-bond donors (Lipinski definition) is 1. The van der Waals surface area contributed by atoms with Crippen molar-refractivity contribution in [2.45, 2.75) is 43.8 Å². The lowest BCUT2D eigenvalue weighted by Crippen LogP contribution is -2.44. The Labute approximate surface area is 112 Å². The molecule has 2 rings (SSSR count). The van der Waals surface area contributed by atoms with Crippen LogP contribution in [-0.4, -0.2) is 60.4 Å². The highest BCUT2D eigenvalue weighted by Gasteiger charge is 2.46. The van der Waals surface area contributed by atoms with Crippen LogP contribution in [0, 0.1) is 0 Å². The molecule has 6 heteroatoms. The molecule has 2 fully saturated rings. The molecular weight excluding hydrogens is 250 g/mol. The third-order valence-electron chi connectivity index (χ3n) is 4.07. The average molecular weight is 271 g/mol. The molecule has 108 valence electrons. The molecule has 0 radical (unpaired) electrons. The van der Waals surface area contributed by atoms with Crippen LogP contribution in [-0.2, 0) is 19.1 Å². The number of hydrogen-bond acceptors (Lipinski definition) is 4. The van der Waals surface area contributed by atoms with Gasteiger partial charge in [-0.2, -0.15) is 0 Å².